The third kappa shape index (κ3) is 6.53. The van der Waals surface area contributed by atoms with E-state index in [0.29, 0.717) is 13.1 Å². The molecule has 0 aliphatic carbocycles. The zero-order valence-corrected chi connectivity index (χ0v) is 18.5. The zero-order valence-electron chi connectivity index (χ0n) is 18.5. The molecule has 2 heterocycles. The van der Waals surface area contributed by atoms with Crippen molar-refractivity contribution in [3.63, 3.8) is 0 Å². The predicted molar refractivity (Wildman–Crippen MR) is 124 cm³/mol. The fourth-order valence-corrected chi connectivity index (χ4v) is 3.68. The number of amides is 2. The van der Waals surface area contributed by atoms with Crippen molar-refractivity contribution in [3.8, 4) is 6.07 Å². The number of likely N-dealkylation sites (N-methyl/N-ethyl adjacent to an activating group) is 1. The van der Waals surface area contributed by atoms with Crippen molar-refractivity contribution in [1.29, 1.82) is 5.26 Å². The number of nitriles is 1. The second-order valence-corrected chi connectivity index (χ2v) is 7.84. The summed E-state index contributed by atoms with van der Waals surface area (Å²) < 4.78 is 0. The summed E-state index contributed by atoms with van der Waals surface area (Å²) in [5.74, 6) is 0.560. The number of hydrogen-bond acceptors (Lipinski definition) is 6. The van der Waals surface area contributed by atoms with Crippen LogP contribution in [0, 0.1) is 11.3 Å². The van der Waals surface area contributed by atoms with E-state index < -0.39 is 0 Å². The summed E-state index contributed by atoms with van der Waals surface area (Å²) in [7, 11) is 2.11. The summed E-state index contributed by atoms with van der Waals surface area (Å²) in [6.07, 6.45) is 2.20. The number of carbonyl (C=O) groups is 2. The van der Waals surface area contributed by atoms with E-state index >= 15 is 0 Å². The summed E-state index contributed by atoms with van der Waals surface area (Å²) in [5.41, 5.74) is 1.71. The number of pyridine rings is 1. The Balaban J connectivity index is 1.53. The molecule has 1 aliphatic heterocycles. The lowest BCUT2D eigenvalue weighted by Gasteiger charge is -2.34. The normalized spacial score (nSPS) is 13.9. The first-order valence-corrected chi connectivity index (χ1v) is 10.9. The van der Waals surface area contributed by atoms with Crippen LogP contribution in [0.5, 0.6) is 0 Å². The first-order chi connectivity index (χ1) is 15.6. The molecule has 1 fully saturated rings. The summed E-state index contributed by atoms with van der Waals surface area (Å²) in [6, 6.07) is 15.2. The zero-order chi connectivity index (χ0) is 22.8. The monoisotopic (exact) mass is 434 g/mol. The van der Waals surface area contributed by atoms with Gasteiger partial charge in [-0.25, -0.2) is 4.98 Å². The Morgan fingerprint density at radius 2 is 1.84 bits per heavy atom. The van der Waals surface area contributed by atoms with Crippen molar-refractivity contribution in [2.24, 2.45) is 0 Å². The molecule has 8 heteroatoms. The highest BCUT2D eigenvalue weighted by molar-refractivity contribution is 5.95. The van der Waals surface area contributed by atoms with Crippen LogP contribution in [-0.4, -0.2) is 61.5 Å². The Hall–Kier alpha value is -3.44. The Kier molecular flexibility index (Phi) is 8.58. The maximum absolute atomic E-state index is 12.7. The Labute approximate surface area is 189 Å². The summed E-state index contributed by atoms with van der Waals surface area (Å²) in [4.78, 5) is 35.8. The van der Waals surface area contributed by atoms with Gasteiger partial charge in [0.2, 0.25) is 11.8 Å². The van der Waals surface area contributed by atoms with Crippen molar-refractivity contribution in [1.82, 2.24) is 15.2 Å². The van der Waals surface area contributed by atoms with E-state index in [1.54, 1.807) is 11.1 Å². The van der Waals surface area contributed by atoms with E-state index in [0.717, 1.165) is 43.2 Å². The number of nitrogens with one attached hydrogen (secondary N) is 1. The maximum atomic E-state index is 12.7. The maximum Gasteiger partial charge on any atom is 0.227 e. The van der Waals surface area contributed by atoms with Gasteiger partial charge in [0.15, 0.2) is 0 Å². The van der Waals surface area contributed by atoms with E-state index in [9.17, 15) is 9.59 Å². The Morgan fingerprint density at radius 1 is 1.09 bits per heavy atom. The van der Waals surface area contributed by atoms with Gasteiger partial charge in [-0.15, -0.1) is 0 Å². The second kappa shape index (κ2) is 11.8. The first kappa shape index (κ1) is 23.2. The number of hydrogen-bond donors (Lipinski definition) is 1. The van der Waals surface area contributed by atoms with Crippen molar-refractivity contribution in [3.05, 3.63) is 54.2 Å². The second-order valence-electron chi connectivity index (χ2n) is 7.84. The Morgan fingerprint density at radius 3 is 2.56 bits per heavy atom. The van der Waals surface area contributed by atoms with E-state index in [4.69, 9.17) is 5.26 Å². The number of benzene rings is 1. The first-order valence-electron chi connectivity index (χ1n) is 10.9. The Bertz CT molecular complexity index is 935. The molecule has 0 bridgehead atoms. The minimum absolute atomic E-state index is 0.0878. The van der Waals surface area contributed by atoms with E-state index in [1.165, 1.54) is 0 Å². The molecule has 32 heavy (non-hydrogen) atoms. The third-order valence-electron chi connectivity index (χ3n) is 5.53. The molecule has 2 aromatic rings. The molecule has 2 amide bonds. The molecular weight excluding hydrogens is 404 g/mol. The molecule has 1 aromatic carbocycles. The summed E-state index contributed by atoms with van der Waals surface area (Å²) in [6.45, 7) is 4.45. The van der Waals surface area contributed by atoms with Gasteiger partial charge in [0.1, 0.15) is 5.82 Å². The third-order valence-corrected chi connectivity index (χ3v) is 5.53. The van der Waals surface area contributed by atoms with Crippen molar-refractivity contribution < 1.29 is 9.59 Å². The number of rotatable bonds is 9. The van der Waals surface area contributed by atoms with E-state index in [1.807, 2.05) is 42.5 Å². The topological polar surface area (TPSA) is 92.6 Å². The summed E-state index contributed by atoms with van der Waals surface area (Å²) in [5, 5.41) is 11.8. The fraction of sp³-hybridized carbons (Fsp3) is 0.417. The molecule has 1 saturated heterocycles. The minimum Gasteiger partial charge on any atom is -0.354 e. The molecule has 168 valence electrons. The SMILES string of the molecule is CN1CCN(c2ncccc2CNC(=O)CCC(=O)N(CCC#N)c2ccccc2)CC1. The quantitative estimate of drug-likeness (QED) is 0.650. The smallest absolute Gasteiger partial charge is 0.227 e. The highest BCUT2D eigenvalue weighted by Crippen LogP contribution is 2.19. The van der Waals surface area contributed by atoms with Gasteiger partial charge < -0.3 is 20.0 Å². The lowest BCUT2D eigenvalue weighted by Crippen LogP contribution is -2.45. The predicted octanol–water partition coefficient (Wildman–Crippen LogP) is 2.18. The van der Waals surface area contributed by atoms with Crippen molar-refractivity contribution >= 4 is 23.3 Å². The highest BCUT2D eigenvalue weighted by Gasteiger charge is 2.19. The molecule has 0 radical (unpaired) electrons. The molecule has 3 rings (SSSR count). The van der Waals surface area contributed by atoms with Gasteiger partial charge in [-0.2, -0.15) is 5.26 Å². The molecule has 0 atom stereocenters. The van der Waals surface area contributed by atoms with Crippen molar-refractivity contribution in [2.45, 2.75) is 25.8 Å². The van der Waals surface area contributed by atoms with Crippen LogP contribution >= 0.6 is 0 Å². The van der Waals surface area contributed by atoms with Gasteiger partial charge in [-0.1, -0.05) is 24.3 Å². The standard InChI is InChI=1S/C24H30N6O2/c1-28-15-17-29(18-16-28)24-20(7-5-13-26-24)19-27-22(31)10-11-23(32)30(14-6-12-25)21-8-3-2-4-9-21/h2-5,7-9,13H,6,10-11,14-19H2,1H3,(H,27,31). The molecule has 0 unspecified atom stereocenters. The van der Waals surface area contributed by atoms with Gasteiger partial charge in [0, 0.05) is 69.6 Å². The molecule has 0 spiro atoms. The van der Waals surface area contributed by atoms with Crippen molar-refractivity contribution in [2.75, 3.05) is 49.6 Å². The molecule has 1 N–H and O–H groups in total. The number of anilines is 2. The van der Waals surface area contributed by atoms with Crippen LogP contribution in [-0.2, 0) is 16.1 Å². The lowest BCUT2D eigenvalue weighted by atomic mass is 10.2. The van der Waals surface area contributed by atoms with Crippen LogP contribution in [0.3, 0.4) is 0 Å². The molecule has 0 saturated carbocycles. The van der Waals surface area contributed by atoms with Crippen LogP contribution < -0.4 is 15.1 Å². The number of para-hydroxylation sites is 1. The fourth-order valence-electron chi connectivity index (χ4n) is 3.68. The molecule has 1 aliphatic rings. The largest absolute Gasteiger partial charge is 0.354 e. The van der Waals surface area contributed by atoms with Crippen LogP contribution in [0.15, 0.2) is 48.7 Å². The van der Waals surface area contributed by atoms with Crippen LogP contribution in [0.25, 0.3) is 0 Å². The van der Waals surface area contributed by atoms with E-state index in [-0.39, 0.29) is 31.1 Å². The lowest BCUT2D eigenvalue weighted by molar-refractivity contribution is -0.125. The van der Waals surface area contributed by atoms with Gasteiger partial charge in [0.25, 0.3) is 0 Å². The van der Waals surface area contributed by atoms with E-state index in [2.05, 4.69) is 33.2 Å². The van der Waals surface area contributed by atoms with Crippen LogP contribution in [0.2, 0.25) is 0 Å². The minimum atomic E-state index is -0.181. The van der Waals surface area contributed by atoms with Gasteiger partial charge in [-0.3, -0.25) is 9.59 Å². The average molecular weight is 435 g/mol. The van der Waals surface area contributed by atoms with Crippen LogP contribution in [0.4, 0.5) is 11.5 Å². The van der Waals surface area contributed by atoms with Crippen LogP contribution in [0.1, 0.15) is 24.8 Å². The number of aromatic nitrogens is 1. The number of piperazine rings is 1. The highest BCUT2D eigenvalue weighted by atomic mass is 16.2. The summed E-state index contributed by atoms with van der Waals surface area (Å²) >= 11 is 0. The van der Waals surface area contributed by atoms with Gasteiger partial charge in [0.05, 0.1) is 12.5 Å². The van der Waals surface area contributed by atoms with Gasteiger partial charge >= 0.3 is 0 Å². The molecule has 1 aromatic heterocycles. The number of nitrogens with zero attached hydrogens (tertiary/aromatic N) is 5. The molecule has 8 nitrogen and oxygen atoms in total. The number of carbonyl (C=O) groups excluding carboxylic acids is 2. The average Bonchev–Trinajstić information content (AvgIpc) is 2.83. The molecular formula is C24H30N6O2. The van der Waals surface area contributed by atoms with Gasteiger partial charge in [-0.05, 0) is 25.2 Å².